The van der Waals surface area contributed by atoms with Gasteiger partial charge in [0.1, 0.15) is 0 Å². The van der Waals surface area contributed by atoms with Crippen LogP contribution in [0.1, 0.15) is 19.4 Å². The first-order valence-corrected chi connectivity index (χ1v) is 6.46. The third kappa shape index (κ3) is 4.82. The number of piperazine rings is 1. The van der Waals surface area contributed by atoms with E-state index in [1.54, 1.807) is 6.92 Å². The van der Waals surface area contributed by atoms with Gasteiger partial charge >= 0.3 is 0 Å². The molecule has 0 bridgehead atoms. The van der Waals surface area contributed by atoms with Crippen molar-refractivity contribution in [3.05, 3.63) is 29.8 Å². The topological polar surface area (TPSA) is 44.4 Å². The highest BCUT2D eigenvalue weighted by molar-refractivity contribution is 5.89. The average molecular weight is 284 g/mol. The van der Waals surface area contributed by atoms with Crippen LogP contribution in [0.25, 0.3) is 0 Å². The highest BCUT2D eigenvalue weighted by atomic mass is 35.5. The number of rotatable bonds is 3. The molecule has 1 amide bonds. The molecule has 1 fully saturated rings. The van der Waals surface area contributed by atoms with E-state index in [0.717, 1.165) is 31.9 Å². The summed E-state index contributed by atoms with van der Waals surface area (Å²) >= 11 is 0. The van der Waals surface area contributed by atoms with Gasteiger partial charge in [0.15, 0.2) is 0 Å². The third-order valence-electron chi connectivity index (χ3n) is 3.17. The maximum absolute atomic E-state index is 11.2. The summed E-state index contributed by atoms with van der Waals surface area (Å²) in [6.07, 6.45) is 0. The summed E-state index contributed by atoms with van der Waals surface area (Å²) in [4.78, 5) is 13.6. The lowest BCUT2D eigenvalue weighted by atomic mass is 10.1. The third-order valence-corrected chi connectivity index (χ3v) is 3.17. The van der Waals surface area contributed by atoms with Crippen LogP contribution in [0, 0.1) is 0 Å². The number of nitrogens with one attached hydrogen (secondary N) is 2. The predicted octanol–water partition coefficient (Wildman–Crippen LogP) is 1.86. The zero-order valence-corrected chi connectivity index (χ0v) is 12.3. The van der Waals surface area contributed by atoms with Crippen molar-refractivity contribution in [1.29, 1.82) is 0 Å². The first-order valence-electron chi connectivity index (χ1n) is 6.46. The second kappa shape index (κ2) is 7.48. The molecule has 0 aromatic heterocycles. The Labute approximate surface area is 121 Å². The lowest BCUT2D eigenvalue weighted by Crippen LogP contribution is -2.48. The van der Waals surface area contributed by atoms with E-state index < -0.39 is 0 Å². The van der Waals surface area contributed by atoms with Crippen LogP contribution in [-0.4, -0.2) is 36.5 Å². The molecule has 0 radical (unpaired) electrons. The molecule has 2 rings (SSSR count). The van der Waals surface area contributed by atoms with Gasteiger partial charge in [0, 0.05) is 44.8 Å². The molecular weight excluding hydrogens is 262 g/mol. The highest BCUT2D eigenvalue weighted by Crippen LogP contribution is 2.17. The lowest BCUT2D eigenvalue weighted by Gasteiger charge is -2.32. The van der Waals surface area contributed by atoms with Crippen LogP contribution < -0.4 is 10.6 Å². The van der Waals surface area contributed by atoms with Crippen LogP contribution in [0.5, 0.6) is 0 Å². The molecule has 0 unspecified atom stereocenters. The van der Waals surface area contributed by atoms with Gasteiger partial charge in [0.05, 0.1) is 0 Å². The zero-order chi connectivity index (χ0) is 13.0. The van der Waals surface area contributed by atoms with Crippen LogP contribution in [0.15, 0.2) is 24.3 Å². The quantitative estimate of drug-likeness (QED) is 0.890. The molecule has 0 aliphatic carbocycles. The Bertz CT molecular complexity index is 425. The Morgan fingerprint density at radius 3 is 2.89 bits per heavy atom. The van der Waals surface area contributed by atoms with Gasteiger partial charge in [-0.15, -0.1) is 12.4 Å². The zero-order valence-electron chi connectivity index (χ0n) is 11.5. The van der Waals surface area contributed by atoms with Gasteiger partial charge in [-0.1, -0.05) is 18.2 Å². The van der Waals surface area contributed by atoms with Crippen molar-refractivity contribution in [3.63, 3.8) is 0 Å². The number of carbonyl (C=O) groups is 1. The molecule has 4 nitrogen and oxygen atoms in total. The molecule has 19 heavy (non-hydrogen) atoms. The Balaban J connectivity index is 0.00000180. The maximum Gasteiger partial charge on any atom is 0.221 e. The molecule has 1 aliphatic rings. The smallest absolute Gasteiger partial charge is 0.221 e. The van der Waals surface area contributed by atoms with E-state index in [2.05, 4.69) is 28.5 Å². The maximum atomic E-state index is 11.2. The van der Waals surface area contributed by atoms with Crippen molar-refractivity contribution in [2.24, 2.45) is 0 Å². The summed E-state index contributed by atoms with van der Waals surface area (Å²) in [5.74, 6) is -0.0175. The molecule has 1 atom stereocenters. The molecule has 106 valence electrons. The van der Waals surface area contributed by atoms with E-state index in [9.17, 15) is 4.79 Å². The number of benzene rings is 1. The lowest BCUT2D eigenvalue weighted by molar-refractivity contribution is -0.114. The van der Waals surface area contributed by atoms with E-state index in [4.69, 9.17) is 0 Å². The number of carbonyl (C=O) groups excluding carboxylic acids is 1. The first-order chi connectivity index (χ1) is 8.65. The molecule has 1 heterocycles. The standard InChI is InChI=1S/C14H21N3O.ClH/c1-11-9-17(8-7-15-11)10-13-5-3-4-6-14(13)16-12(2)18;/h3-6,11,15H,7-10H2,1-2H3,(H,16,18);1H/t11-;/m1./s1. The summed E-state index contributed by atoms with van der Waals surface area (Å²) in [6.45, 7) is 7.77. The minimum atomic E-state index is -0.0175. The molecule has 5 heteroatoms. The fourth-order valence-corrected chi connectivity index (χ4v) is 2.37. The van der Waals surface area contributed by atoms with Crippen LogP contribution >= 0.6 is 12.4 Å². The van der Waals surface area contributed by atoms with Gasteiger partial charge in [-0.2, -0.15) is 0 Å². The van der Waals surface area contributed by atoms with Crippen LogP contribution in [0.4, 0.5) is 5.69 Å². The van der Waals surface area contributed by atoms with Crippen molar-refractivity contribution < 1.29 is 4.79 Å². The molecule has 1 aromatic rings. The highest BCUT2D eigenvalue weighted by Gasteiger charge is 2.16. The van der Waals surface area contributed by atoms with Gasteiger partial charge in [-0.3, -0.25) is 9.69 Å². The summed E-state index contributed by atoms with van der Waals surface area (Å²) in [7, 11) is 0. The Morgan fingerprint density at radius 1 is 1.47 bits per heavy atom. The molecule has 1 saturated heterocycles. The van der Waals surface area contributed by atoms with Gasteiger partial charge < -0.3 is 10.6 Å². The van der Waals surface area contributed by atoms with E-state index >= 15 is 0 Å². The number of hydrogen-bond acceptors (Lipinski definition) is 3. The van der Waals surface area contributed by atoms with Gasteiger partial charge in [0.2, 0.25) is 5.91 Å². The monoisotopic (exact) mass is 283 g/mol. The van der Waals surface area contributed by atoms with Gasteiger partial charge in [-0.25, -0.2) is 0 Å². The Morgan fingerprint density at radius 2 is 2.21 bits per heavy atom. The number of amides is 1. The number of halogens is 1. The molecule has 0 saturated carbocycles. The van der Waals surface area contributed by atoms with Crippen molar-refractivity contribution in [2.45, 2.75) is 26.4 Å². The van der Waals surface area contributed by atoms with Crippen LogP contribution in [-0.2, 0) is 11.3 Å². The van der Waals surface area contributed by atoms with Gasteiger partial charge in [0.25, 0.3) is 0 Å². The largest absolute Gasteiger partial charge is 0.326 e. The van der Waals surface area contributed by atoms with Crippen molar-refractivity contribution in [1.82, 2.24) is 10.2 Å². The minimum Gasteiger partial charge on any atom is -0.326 e. The minimum absolute atomic E-state index is 0. The Hall–Kier alpha value is -1.10. The normalized spacial score (nSPS) is 19.6. The Kier molecular flexibility index (Phi) is 6.28. The molecule has 1 aromatic carbocycles. The van der Waals surface area contributed by atoms with Gasteiger partial charge in [-0.05, 0) is 18.6 Å². The average Bonchev–Trinajstić information content (AvgIpc) is 2.31. The van der Waals surface area contributed by atoms with Crippen molar-refractivity contribution >= 4 is 24.0 Å². The second-order valence-corrected chi connectivity index (χ2v) is 4.93. The molecule has 1 aliphatic heterocycles. The van der Waals surface area contributed by atoms with E-state index in [1.807, 2.05) is 18.2 Å². The fraction of sp³-hybridized carbons (Fsp3) is 0.500. The first kappa shape index (κ1) is 16.0. The number of anilines is 1. The number of nitrogens with zero attached hydrogens (tertiary/aromatic N) is 1. The number of para-hydroxylation sites is 1. The number of hydrogen-bond donors (Lipinski definition) is 2. The predicted molar refractivity (Wildman–Crippen MR) is 80.7 cm³/mol. The van der Waals surface area contributed by atoms with E-state index in [1.165, 1.54) is 5.56 Å². The molecular formula is C14H22ClN3O. The van der Waals surface area contributed by atoms with E-state index in [-0.39, 0.29) is 18.3 Å². The fourth-order valence-electron chi connectivity index (χ4n) is 2.37. The summed E-state index contributed by atoms with van der Waals surface area (Å²) < 4.78 is 0. The summed E-state index contributed by atoms with van der Waals surface area (Å²) in [5, 5.41) is 6.33. The molecule has 0 spiro atoms. The summed E-state index contributed by atoms with van der Waals surface area (Å²) in [5.41, 5.74) is 2.11. The summed E-state index contributed by atoms with van der Waals surface area (Å²) in [6, 6.07) is 8.55. The SMILES string of the molecule is CC(=O)Nc1ccccc1CN1CCN[C@H](C)C1.Cl. The second-order valence-electron chi connectivity index (χ2n) is 4.93. The van der Waals surface area contributed by atoms with Crippen LogP contribution in [0.3, 0.4) is 0 Å². The van der Waals surface area contributed by atoms with Crippen LogP contribution in [0.2, 0.25) is 0 Å². The molecule has 2 N–H and O–H groups in total. The van der Waals surface area contributed by atoms with Crippen molar-refractivity contribution in [2.75, 3.05) is 25.0 Å². The van der Waals surface area contributed by atoms with Crippen molar-refractivity contribution in [3.8, 4) is 0 Å². The van der Waals surface area contributed by atoms with E-state index in [0.29, 0.717) is 6.04 Å².